The highest BCUT2D eigenvalue weighted by atomic mass is 127. The van der Waals surface area contributed by atoms with Gasteiger partial charge in [0.15, 0.2) is 0 Å². The second kappa shape index (κ2) is 10.1. The Morgan fingerprint density at radius 3 is 2.52 bits per heavy atom. The van der Waals surface area contributed by atoms with Crippen LogP contribution in [0.4, 0.5) is 18.9 Å². The van der Waals surface area contributed by atoms with Gasteiger partial charge in [0, 0.05) is 29.5 Å². The van der Waals surface area contributed by atoms with E-state index in [1.165, 1.54) is 0 Å². The summed E-state index contributed by atoms with van der Waals surface area (Å²) in [5.41, 5.74) is 2.18. The minimum Gasteiger partial charge on any atom is -0.379 e. The van der Waals surface area contributed by atoms with E-state index in [2.05, 4.69) is 0 Å². The first-order valence-corrected chi connectivity index (χ1v) is 12.2. The van der Waals surface area contributed by atoms with E-state index >= 15 is 0 Å². The fraction of sp³-hybridized carbons (Fsp3) is 0.391. The third-order valence-electron chi connectivity index (χ3n) is 5.12. The number of ether oxygens (including phenoxy) is 1. The molecule has 0 bridgehead atoms. The Kier molecular flexibility index (Phi) is 7.74. The van der Waals surface area contributed by atoms with Crippen molar-refractivity contribution in [1.82, 2.24) is 4.90 Å². The summed E-state index contributed by atoms with van der Waals surface area (Å²) in [6, 6.07) is 15.0. The number of anilines is 1. The summed E-state index contributed by atoms with van der Waals surface area (Å²) in [6.07, 6.45) is -5.11. The highest BCUT2D eigenvalue weighted by Gasteiger charge is 2.33. The lowest BCUT2D eigenvalue weighted by Gasteiger charge is -2.35. The van der Waals surface area contributed by atoms with Gasteiger partial charge in [0.25, 0.3) is 5.91 Å². The first-order chi connectivity index (χ1) is 14.7. The van der Waals surface area contributed by atoms with Crippen LogP contribution in [-0.2, 0) is 4.74 Å². The molecular weight excluding hydrogens is 520 g/mol. The number of carbonyl (C=O) groups excluding carboxylic acids is 1. The van der Waals surface area contributed by atoms with Gasteiger partial charge in [-0.15, -0.1) is 0 Å². The largest absolute Gasteiger partial charge is 0.390 e. The normalized spacial score (nSPS) is 15.1. The lowest BCUT2D eigenvalue weighted by molar-refractivity contribution is -0.132. The van der Waals surface area contributed by atoms with Gasteiger partial charge in [0.2, 0.25) is 0 Å². The third kappa shape index (κ3) is 5.85. The lowest BCUT2D eigenvalue weighted by Crippen LogP contribution is -2.42. The highest BCUT2D eigenvalue weighted by molar-refractivity contribution is 14.2. The number of hydrogen-bond acceptors (Lipinski definition) is 3. The Bertz CT molecular complexity index is 948. The molecule has 3 rings (SSSR count). The van der Waals surface area contributed by atoms with E-state index in [9.17, 15) is 18.0 Å². The van der Waals surface area contributed by atoms with Crippen molar-refractivity contribution in [2.75, 3.05) is 31.7 Å². The van der Waals surface area contributed by atoms with E-state index in [4.69, 9.17) is 4.74 Å². The summed E-state index contributed by atoms with van der Waals surface area (Å²) < 4.78 is 45.6. The SMILES string of the molecule is CCOC[C@H](c1ccccc1)N1C(=O)c2cc(N(C)CCC(F)(F)F)ccc2I=C1C. The van der Waals surface area contributed by atoms with E-state index in [1.807, 2.05) is 55.1 Å². The number of amides is 1. The molecule has 0 unspecified atom stereocenters. The van der Waals surface area contributed by atoms with Gasteiger partial charge in [-0.3, -0.25) is 9.69 Å². The molecule has 1 aliphatic rings. The molecule has 2 aromatic rings. The van der Waals surface area contributed by atoms with Gasteiger partial charge in [-0.1, -0.05) is 51.1 Å². The molecule has 0 aromatic heterocycles. The molecule has 1 aliphatic heterocycles. The van der Waals surface area contributed by atoms with Crippen molar-refractivity contribution in [3.63, 3.8) is 0 Å². The van der Waals surface area contributed by atoms with Crippen LogP contribution in [-0.4, -0.2) is 47.4 Å². The molecule has 0 saturated carbocycles. The molecule has 0 radical (unpaired) electrons. The zero-order chi connectivity index (χ0) is 22.6. The minimum atomic E-state index is -4.21. The van der Waals surface area contributed by atoms with Gasteiger partial charge in [-0.25, -0.2) is 0 Å². The van der Waals surface area contributed by atoms with E-state index in [1.54, 1.807) is 24.1 Å². The Morgan fingerprint density at radius 2 is 1.87 bits per heavy atom. The van der Waals surface area contributed by atoms with Crippen LogP contribution in [0.15, 0.2) is 48.5 Å². The quantitative estimate of drug-likeness (QED) is 0.405. The summed E-state index contributed by atoms with van der Waals surface area (Å²) in [6.45, 7) is 4.68. The molecule has 2 aromatic carbocycles. The third-order valence-corrected chi connectivity index (χ3v) is 7.94. The number of alkyl halides is 3. The van der Waals surface area contributed by atoms with Gasteiger partial charge in [-0.2, -0.15) is 13.2 Å². The van der Waals surface area contributed by atoms with Crippen LogP contribution < -0.4 is 4.90 Å². The standard InChI is InChI=1S/C23H26F3IN2O2/c1-4-31-15-21(17-8-6-5-7-9-17)29-16(2)27-20-11-10-18(14-19(20)22(29)30)28(3)13-12-23(24,25)26/h5-11,14,21H,4,12-13,15H2,1-3H3/t21-/m1/s1. The van der Waals surface area contributed by atoms with E-state index in [0.717, 1.165) is 12.8 Å². The average molecular weight is 546 g/mol. The zero-order valence-corrected chi connectivity index (χ0v) is 19.9. The molecule has 0 saturated heterocycles. The summed E-state index contributed by atoms with van der Waals surface area (Å²) in [5.74, 6) is -0.127. The molecule has 0 aliphatic carbocycles. The molecule has 168 valence electrons. The maximum absolute atomic E-state index is 13.6. The van der Waals surface area contributed by atoms with E-state index < -0.39 is 33.3 Å². The molecule has 1 amide bonds. The van der Waals surface area contributed by atoms with Crippen molar-refractivity contribution >= 4 is 36.0 Å². The number of fused-ring (bicyclic) bond motifs is 1. The summed E-state index contributed by atoms with van der Waals surface area (Å²) in [5, 5.41) is 0. The van der Waals surface area contributed by atoms with E-state index in [0.29, 0.717) is 24.5 Å². The molecular formula is C23H26F3IN2O2. The number of hydrogen-bond donors (Lipinski definition) is 0. The Labute approximate surface area is 190 Å². The number of nitrogens with zero attached hydrogens (tertiary/aromatic N) is 2. The predicted octanol–water partition coefficient (Wildman–Crippen LogP) is 5.60. The first-order valence-electron chi connectivity index (χ1n) is 10.1. The number of halogens is 4. The molecule has 1 heterocycles. The lowest BCUT2D eigenvalue weighted by atomic mass is 10.0. The first kappa shape index (κ1) is 23.7. The number of rotatable bonds is 8. The van der Waals surface area contributed by atoms with Crippen LogP contribution in [0.25, 0.3) is 0 Å². The second-order valence-electron chi connectivity index (χ2n) is 7.30. The summed E-state index contributed by atoms with van der Waals surface area (Å²) >= 11 is -0.569. The van der Waals surface area contributed by atoms with Crippen molar-refractivity contribution in [3.05, 3.63) is 63.2 Å². The Balaban J connectivity index is 1.92. The van der Waals surface area contributed by atoms with Gasteiger partial charge in [0.1, 0.15) is 0 Å². The monoisotopic (exact) mass is 546 g/mol. The van der Waals surface area contributed by atoms with Crippen molar-refractivity contribution in [3.8, 4) is 0 Å². The number of benzene rings is 2. The molecule has 0 fully saturated rings. The van der Waals surface area contributed by atoms with Crippen LogP contribution in [0.3, 0.4) is 0 Å². The topological polar surface area (TPSA) is 32.8 Å². The molecule has 0 spiro atoms. The Hall–Kier alpha value is -1.94. The van der Waals surface area contributed by atoms with Crippen molar-refractivity contribution in [2.45, 2.75) is 32.5 Å². The Morgan fingerprint density at radius 1 is 1.16 bits per heavy atom. The molecule has 1 atom stereocenters. The molecule has 8 heteroatoms. The maximum Gasteiger partial charge on any atom is 0.390 e. The molecule has 0 N–H and O–H groups in total. The van der Waals surface area contributed by atoms with E-state index in [-0.39, 0.29) is 18.5 Å². The smallest absolute Gasteiger partial charge is 0.379 e. The van der Waals surface area contributed by atoms with Crippen LogP contribution in [0.1, 0.15) is 42.2 Å². The molecule has 31 heavy (non-hydrogen) atoms. The maximum atomic E-state index is 13.6. The molecule has 4 nitrogen and oxygen atoms in total. The fourth-order valence-corrected chi connectivity index (χ4v) is 6.16. The van der Waals surface area contributed by atoms with Gasteiger partial charge in [-0.05, 0) is 37.6 Å². The van der Waals surface area contributed by atoms with Crippen molar-refractivity contribution in [2.24, 2.45) is 0 Å². The van der Waals surface area contributed by atoms with Crippen LogP contribution in [0.5, 0.6) is 0 Å². The minimum absolute atomic E-state index is 0.127. The van der Waals surface area contributed by atoms with Gasteiger partial charge >= 0.3 is 6.18 Å². The fourth-order valence-electron chi connectivity index (χ4n) is 3.46. The second-order valence-corrected chi connectivity index (χ2v) is 10.6. The average Bonchev–Trinajstić information content (AvgIpc) is 2.74. The van der Waals surface area contributed by atoms with Crippen LogP contribution in [0, 0.1) is 3.57 Å². The van der Waals surface area contributed by atoms with Crippen LogP contribution >= 0.6 is 20.7 Å². The summed E-state index contributed by atoms with van der Waals surface area (Å²) in [7, 11) is 1.62. The zero-order valence-electron chi connectivity index (χ0n) is 17.7. The highest BCUT2D eigenvalue weighted by Crippen LogP contribution is 2.35. The van der Waals surface area contributed by atoms with Crippen LogP contribution in [0.2, 0.25) is 0 Å². The van der Waals surface area contributed by atoms with Crippen molar-refractivity contribution in [1.29, 1.82) is 0 Å². The summed E-state index contributed by atoms with van der Waals surface area (Å²) in [4.78, 5) is 16.9. The predicted molar refractivity (Wildman–Crippen MR) is 126 cm³/mol. The number of carbonyl (C=O) groups is 1. The van der Waals surface area contributed by atoms with Gasteiger partial charge in [0.05, 0.1) is 28.3 Å². The van der Waals surface area contributed by atoms with Gasteiger partial charge < -0.3 is 9.64 Å². The van der Waals surface area contributed by atoms with Crippen molar-refractivity contribution < 1.29 is 22.7 Å².